The molecule has 156 valence electrons. The second-order valence-electron chi connectivity index (χ2n) is 8.74. The van der Waals surface area contributed by atoms with Crippen LogP contribution in [0.4, 0.5) is 5.69 Å². The number of anilines is 1. The Labute approximate surface area is 178 Å². The van der Waals surface area contributed by atoms with Crippen molar-refractivity contribution in [2.24, 2.45) is 0 Å². The van der Waals surface area contributed by atoms with Gasteiger partial charge in [0, 0.05) is 31.9 Å². The summed E-state index contributed by atoms with van der Waals surface area (Å²) in [7, 11) is 0. The molecule has 0 saturated carbocycles. The Bertz CT molecular complexity index is 907. The molecular weight excluding hydrogens is 374 g/mol. The molecule has 5 rings (SSSR count). The molecule has 3 heterocycles. The van der Waals surface area contributed by atoms with Crippen LogP contribution < -0.4 is 4.90 Å². The zero-order valence-electron chi connectivity index (χ0n) is 17.4. The summed E-state index contributed by atoms with van der Waals surface area (Å²) in [6.45, 7) is 2.93. The maximum Gasteiger partial charge on any atom is 0.249 e. The minimum Gasteiger partial charge on any atom is -0.371 e. The first-order valence-electron chi connectivity index (χ1n) is 11.2. The van der Waals surface area contributed by atoms with E-state index in [4.69, 9.17) is 0 Å². The number of amides is 2. The molecule has 3 fully saturated rings. The van der Waals surface area contributed by atoms with Crippen molar-refractivity contribution in [1.82, 2.24) is 9.80 Å². The van der Waals surface area contributed by atoms with Gasteiger partial charge >= 0.3 is 0 Å². The fourth-order valence-corrected chi connectivity index (χ4v) is 5.51. The van der Waals surface area contributed by atoms with E-state index in [2.05, 4.69) is 41.3 Å². The van der Waals surface area contributed by atoms with E-state index in [1.54, 1.807) is 0 Å². The summed E-state index contributed by atoms with van der Waals surface area (Å²) in [5.74, 6) is 0.349. The van der Waals surface area contributed by atoms with E-state index in [1.807, 2.05) is 34.1 Å². The predicted octanol–water partition coefficient (Wildman–Crippen LogP) is 3.10. The normalized spacial score (nSPS) is 23.2. The van der Waals surface area contributed by atoms with E-state index in [0.717, 1.165) is 38.9 Å². The largest absolute Gasteiger partial charge is 0.371 e. The lowest BCUT2D eigenvalue weighted by Gasteiger charge is -2.54. The van der Waals surface area contributed by atoms with Gasteiger partial charge in [0.1, 0.15) is 11.6 Å². The zero-order chi connectivity index (χ0) is 20.6. The number of benzene rings is 2. The summed E-state index contributed by atoms with van der Waals surface area (Å²) in [6.07, 6.45) is 3.92. The molecule has 1 atom stereocenters. The van der Waals surface area contributed by atoms with Gasteiger partial charge in [-0.15, -0.1) is 0 Å². The first-order chi connectivity index (χ1) is 14.7. The lowest BCUT2D eigenvalue weighted by atomic mass is 9.80. The Morgan fingerprint density at radius 3 is 2.23 bits per heavy atom. The molecule has 30 heavy (non-hydrogen) atoms. The minimum absolute atomic E-state index is 0.163. The average Bonchev–Trinajstić information content (AvgIpc) is 3.30. The molecule has 2 aromatic carbocycles. The lowest BCUT2D eigenvalue weighted by molar-refractivity contribution is -0.170. The van der Waals surface area contributed by atoms with Crippen LogP contribution in [-0.2, 0) is 16.0 Å². The highest BCUT2D eigenvalue weighted by atomic mass is 16.2. The molecule has 0 aromatic heterocycles. The number of carbonyl (C=O) groups excluding carboxylic acids is 2. The van der Waals surface area contributed by atoms with Crippen LogP contribution >= 0.6 is 0 Å². The van der Waals surface area contributed by atoms with E-state index >= 15 is 0 Å². The number of carbonyl (C=O) groups is 2. The highest BCUT2D eigenvalue weighted by Crippen LogP contribution is 2.40. The molecule has 5 heteroatoms. The van der Waals surface area contributed by atoms with Gasteiger partial charge in [-0.05, 0) is 49.8 Å². The molecule has 0 radical (unpaired) electrons. The maximum atomic E-state index is 13.7. The van der Waals surface area contributed by atoms with Crippen LogP contribution in [-0.4, -0.2) is 59.4 Å². The van der Waals surface area contributed by atoms with Crippen LogP contribution in [0, 0.1) is 0 Å². The molecule has 2 amide bonds. The van der Waals surface area contributed by atoms with Gasteiger partial charge in [-0.25, -0.2) is 0 Å². The smallest absolute Gasteiger partial charge is 0.249 e. The number of nitrogens with zero attached hydrogens (tertiary/aromatic N) is 3. The van der Waals surface area contributed by atoms with E-state index in [-0.39, 0.29) is 17.9 Å². The third kappa shape index (κ3) is 3.17. The summed E-state index contributed by atoms with van der Waals surface area (Å²) in [6, 6.07) is 20.4. The predicted molar refractivity (Wildman–Crippen MR) is 117 cm³/mol. The number of rotatable bonds is 4. The topological polar surface area (TPSA) is 43.9 Å². The van der Waals surface area contributed by atoms with Gasteiger partial charge in [-0.1, -0.05) is 48.5 Å². The van der Waals surface area contributed by atoms with Crippen molar-refractivity contribution in [2.45, 2.75) is 43.7 Å². The number of para-hydroxylation sites is 1. The third-order valence-corrected chi connectivity index (χ3v) is 7.16. The van der Waals surface area contributed by atoms with Crippen LogP contribution in [0.5, 0.6) is 0 Å². The number of hydrogen-bond acceptors (Lipinski definition) is 3. The van der Waals surface area contributed by atoms with Crippen LogP contribution in [0.3, 0.4) is 0 Å². The summed E-state index contributed by atoms with van der Waals surface area (Å²) in [5.41, 5.74) is 1.72. The molecule has 3 saturated heterocycles. The summed E-state index contributed by atoms with van der Waals surface area (Å²) in [4.78, 5) is 33.4. The van der Waals surface area contributed by atoms with E-state index in [0.29, 0.717) is 19.4 Å². The first-order valence-corrected chi connectivity index (χ1v) is 11.2. The van der Waals surface area contributed by atoms with Crippen LogP contribution in [0.1, 0.15) is 31.2 Å². The van der Waals surface area contributed by atoms with E-state index < -0.39 is 5.54 Å². The average molecular weight is 404 g/mol. The van der Waals surface area contributed by atoms with Crippen LogP contribution in [0.15, 0.2) is 60.7 Å². The van der Waals surface area contributed by atoms with Crippen molar-refractivity contribution in [3.8, 4) is 0 Å². The van der Waals surface area contributed by atoms with E-state index in [1.165, 1.54) is 11.3 Å². The molecule has 3 aliphatic rings. The maximum absolute atomic E-state index is 13.7. The van der Waals surface area contributed by atoms with Gasteiger partial charge in [-0.2, -0.15) is 0 Å². The summed E-state index contributed by atoms with van der Waals surface area (Å²) >= 11 is 0. The monoisotopic (exact) mass is 403 g/mol. The fourth-order valence-electron chi connectivity index (χ4n) is 5.51. The second-order valence-corrected chi connectivity index (χ2v) is 8.74. The van der Waals surface area contributed by atoms with Crippen molar-refractivity contribution >= 4 is 17.5 Å². The highest BCUT2D eigenvalue weighted by Gasteiger charge is 2.57. The van der Waals surface area contributed by atoms with Gasteiger partial charge in [0.25, 0.3) is 0 Å². The van der Waals surface area contributed by atoms with Gasteiger partial charge in [0.15, 0.2) is 0 Å². The Hall–Kier alpha value is -2.82. The van der Waals surface area contributed by atoms with Gasteiger partial charge in [0.05, 0.1) is 0 Å². The summed E-state index contributed by atoms with van der Waals surface area (Å²) < 4.78 is 0. The minimum atomic E-state index is -0.683. The molecule has 0 bridgehead atoms. The Balaban J connectivity index is 1.41. The molecule has 0 N–H and O–H groups in total. The lowest BCUT2D eigenvalue weighted by Crippen LogP contribution is -2.72. The van der Waals surface area contributed by atoms with Gasteiger partial charge in [0.2, 0.25) is 11.8 Å². The Morgan fingerprint density at radius 2 is 1.53 bits per heavy atom. The summed E-state index contributed by atoms with van der Waals surface area (Å²) in [5, 5.41) is 0. The quantitative estimate of drug-likeness (QED) is 0.788. The Morgan fingerprint density at radius 1 is 0.867 bits per heavy atom. The van der Waals surface area contributed by atoms with Crippen molar-refractivity contribution in [3.63, 3.8) is 0 Å². The van der Waals surface area contributed by atoms with Crippen molar-refractivity contribution in [3.05, 3.63) is 66.2 Å². The first kappa shape index (κ1) is 19.2. The number of hydrogen-bond donors (Lipinski definition) is 0. The van der Waals surface area contributed by atoms with E-state index in [9.17, 15) is 9.59 Å². The molecule has 0 aliphatic carbocycles. The van der Waals surface area contributed by atoms with Gasteiger partial charge in [-0.3, -0.25) is 9.59 Å². The standard InChI is InChI=1S/C25H29N3O2/c29-23-22-12-7-16-27(22)24(30)25(28(23)17-13-20-8-3-1-4-9-20)14-18-26(19-15-25)21-10-5-2-6-11-21/h1-6,8-11,22H,7,12-19H2. The zero-order valence-corrected chi connectivity index (χ0v) is 17.4. The SMILES string of the molecule is O=C1C2CCCN2C(=O)C2(CCN(c3ccccc3)CC2)N1CCc1ccccc1. The van der Waals surface area contributed by atoms with Gasteiger partial charge < -0.3 is 14.7 Å². The number of piperazine rings is 1. The highest BCUT2D eigenvalue weighted by molar-refractivity contribution is 6.00. The molecule has 3 aliphatic heterocycles. The number of fused-ring (bicyclic) bond motifs is 1. The van der Waals surface area contributed by atoms with Crippen molar-refractivity contribution in [1.29, 1.82) is 0 Å². The van der Waals surface area contributed by atoms with Crippen LogP contribution in [0.25, 0.3) is 0 Å². The molecular formula is C25H29N3O2. The molecule has 1 unspecified atom stereocenters. The third-order valence-electron chi connectivity index (χ3n) is 7.16. The molecule has 1 spiro atoms. The number of piperidine rings is 1. The Kier molecular flexibility index (Phi) is 4.97. The van der Waals surface area contributed by atoms with Crippen molar-refractivity contribution < 1.29 is 9.59 Å². The van der Waals surface area contributed by atoms with Crippen molar-refractivity contribution in [2.75, 3.05) is 31.1 Å². The second kappa shape index (κ2) is 7.78. The van der Waals surface area contributed by atoms with Crippen LogP contribution in [0.2, 0.25) is 0 Å². The molecule has 2 aromatic rings. The fraction of sp³-hybridized carbons (Fsp3) is 0.440. The molecule has 5 nitrogen and oxygen atoms in total.